The van der Waals surface area contributed by atoms with Gasteiger partial charge in [-0.1, -0.05) is 31.2 Å². The van der Waals surface area contributed by atoms with Gasteiger partial charge in [-0.25, -0.2) is 0 Å². The van der Waals surface area contributed by atoms with Crippen molar-refractivity contribution in [2.24, 2.45) is 0 Å². The van der Waals surface area contributed by atoms with Crippen molar-refractivity contribution in [1.29, 1.82) is 0 Å². The summed E-state index contributed by atoms with van der Waals surface area (Å²) in [6, 6.07) is 19.3. The van der Waals surface area contributed by atoms with Crippen molar-refractivity contribution in [2.45, 2.75) is 32.4 Å². The lowest BCUT2D eigenvalue weighted by Crippen LogP contribution is -2.24. The molecule has 2 N–H and O–H groups in total. The Bertz CT molecular complexity index is 1180. The van der Waals surface area contributed by atoms with E-state index in [1.165, 1.54) is 18.4 Å². The van der Waals surface area contributed by atoms with E-state index >= 15 is 0 Å². The Morgan fingerprint density at radius 1 is 0.963 bits per heavy atom. The number of aromatic nitrogens is 2. The van der Waals surface area contributed by atoms with E-state index in [9.17, 15) is 4.79 Å². The molecule has 0 bridgehead atoms. The average molecular weight is 357 g/mol. The number of aromatic amines is 2. The van der Waals surface area contributed by atoms with Crippen LogP contribution in [0.4, 0.5) is 0 Å². The first kappa shape index (κ1) is 16.3. The van der Waals surface area contributed by atoms with Crippen LogP contribution in [0.3, 0.4) is 0 Å². The van der Waals surface area contributed by atoms with E-state index < -0.39 is 0 Å². The summed E-state index contributed by atoms with van der Waals surface area (Å²) >= 11 is 0. The molecule has 0 saturated heterocycles. The van der Waals surface area contributed by atoms with Gasteiger partial charge < -0.3 is 9.97 Å². The molecule has 0 spiro atoms. The Hall–Kier alpha value is -2.85. The highest BCUT2D eigenvalue weighted by atomic mass is 16.1. The van der Waals surface area contributed by atoms with E-state index in [0.717, 1.165) is 46.6 Å². The zero-order chi connectivity index (χ0) is 18.4. The van der Waals surface area contributed by atoms with E-state index in [2.05, 4.69) is 46.1 Å². The fourth-order valence-electron chi connectivity index (χ4n) is 3.95. The van der Waals surface area contributed by atoms with E-state index in [-0.39, 0.29) is 5.56 Å². The van der Waals surface area contributed by atoms with Crippen molar-refractivity contribution < 1.29 is 0 Å². The highest BCUT2D eigenvalue weighted by Crippen LogP contribution is 2.29. The summed E-state index contributed by atoms with van der Waals surface area (Å²) in [6.07, 6.45) is 2.66. The van der Waals surface area contributed by atoms with Crippen molar-refractivity contribution in [1.82, 2.24) is 14.9 Å². The molecule has 0 unspecified atom stereocenters. The topological polar surface area (TPSA) is 51.9 Å². The molecule has 1 aliphatic carbocycles. The van der Waals surface area contributed by atoms with Crippen molar-refractivity contribution in [3.8, 4) is 11.3 Å². The fourth-order valence-corrected chi connectivity index (χ4v) is 3.95. The molecule has 4 nitrogen and oxygen atoms in total. The Balaban J connectivity index is 1.53. The van der Waals surface area contributed by atoms with E-state index in [1.54, 1.807) is 0 Å². The van der Waals surface area contributed by atoms with Gasteiger partial charge in [0.2, 0.25) is 0 Å². The lowest BCUT2D eigenvalue weighted by atomic mass is 10.1. The first-order valence-corrected chi connectivity index (χ1v) is 9.69. The highest BCUT2D eigenvalue weighted by Gasteiger charge is 2.27. The average Bonchev–Trinajstić information content (AvgIpc) is 3.44. The highest BCUT2D eigenvalue weighted by molar-refractivity contribution is 5.89. The molecule has 0 atom stereocenters. The van der Waals surface area contributed by atoms with Gasteiger partial charge in [0.25, 0.3) is 5.56 Å². The third-order valence-corrected chi connectivity index (χ3v) is 5.58. The van der Waals surface area contributed by atoms with Crippen molar-refractivity contribution in [3.63, 3.8) is 0 Å². The lowest BCUT2D eigenvalue weighted by molar-refractivity contribution is 0.269. The summed E-state index contributed by atoms with van der Waals surface area (Å²) in [5, 5.41) is 2.19. The van der Waals surface area contributed by atoms with Crippen molar-refractivity contribution >= 4 is 21.8 Å². The van der Waals surface area contributed by atoms with E-state index in [0.29, 0.717) is 5.56 Å². The number of para-hydroxylation sites is 1. The van der Waals surface area contributed by atoms with Crippen LogP contribution in [0.15, 0.2) is 59.4 Å². The largest absolute Gasteiger partial charge is 0.354 e. The minimum absolute atomic E-state index is 0.0635. The number of nitrogens with zero attached hydrogens (tertiary/aromatic N) is 1. The first-order valence-electron chi connectivity index (χ1n) is 9.69. The Morgan fingerprint density at radius 3 is 2.59 bits per heavy atom. The van der Waals surface area contributed by atoms with Crippen LogP contribution in [0, 0.1) is 0 Å². The van der Waals surface area contributed by atoms with Crippen LogP contribution in [-0.4, -0.2) is 27.5 Å². The van der Waals surface area contributed by atoms with Gasteiger partial charge in [-0.15, -0.1) is 0 Å². The summed E-state index contributed by atoms with van der Waals surface area (Å²) in [7, 11) is 0. The van der Waals surface area contributed by atoms with E-state index in [1.807, 2.05) is 30.3 Å². The second kappa shape index (κ2) is 6.39. The van der Waals surface area contributed by atoms with Gasteiger partial charge in [0.15, 0.2) is 0 Å². The van der Waals surface area contributed by atoms with Crippen LogP contribution >= 0.6 is 0 Å². The molecule has 0 radical (unpaired) electrons. The van der Waals surface area contributed by atoms with Crippen molar-refractivity contribution in [3.05, 3.63) is 70.5 Å². The summed E-state index contributed by atoms with van der Waals surface area (Å²) in [5.41, 5.74) is 4.74. The number of rotatable bonds is 5. The molecule has 2 aromatic heterocycles. The number of hydrogen-bond donors (Lipinski definition) is 2. The van der Waals surface area contributed by atoms with Crippen LogP contribution in [0.25, 0.3) is 33.1 Å². The minimum Gasteiger partial charge on any atom is -0.354 e. The first-order chi connectivity index (χ1) is 13.2. The van der Waals surface area contributed by atoms with Crippen LogP contribution < -0.4 is 5.56 Å². The third kappa shape index (κ3) is 3.06. The molecule has 136 valence electrons. The quantitative estimate of drug-likeness (QED) is 0.546. The van der Waals surface area contributed by atoms with Crippen LogP contribution in [-0.2, 0) is 6.54 Å². The second-order valence-corrected chi connectivity index (χ2v) is 7.50. The Kier molecular flexibility index (Phi) is 3.87. The van der Waals surface area contributed by atoms with Crippen LogP contribution in [0.2, 0.25) is 0 Å². The number of H-pyrrole nitrogens is 2. The van der Waals surface area contributed by atoms with Gasteiger partial charge >= 0.3 is 0 Å². The number of nitrogens with one attached hydrogen (secondary N) is 2. The maximum absolute atomic E-state index is 12.6. The summed E-state index contributed by atoms with van der Waals surface area (Å²) < 4.78 is 0. The lowest BCUT2D eigenvalue weighted by Gasteiger charge is -2.19. The Morgan fingerprint density at radius 2 is 1.78 bits per heavy atom. The standard InChI is InChI=1S/C23H23N3O/c1-2-26(18-8-9-18)14-15-7-10-21-17(11-15)13-22(24-21)19-12-16-5-3-4-6-20(16)25-23(19)27/h3-7,10-13,18,24H,2,8-9,14H2,1H3,(H,25,27). The molecule has 27 heavy (non-hydrogen) atoms. The number of pyridine rings is 1. The molecule has 4 aromatic rings. The van der Waals surface area contributed by atoms with Gasteiger partial charge in [0.1, 0.15) is 0 Å². The zero-order valence-corrected chi connectivity index (χ0v) is 15.5. The summed E-state index contributed by atoms with van der Waals surface area (Å²) in [4.78, 5) is 21.5. The molecule has 1 saturated carbocycles. The molecule has 0 amide bonds. The SMILES string of the molecule is CCN(Cc1ccc2[nH]c(-c3cc4ccccc4[nH]c3=O)cc2c1)C1CC1. The van der Waals surface area contributed by atoms with Gasteiger partial charge in [-0.3, -0.25) is 9.69 Å². The fraction of sp³-hybridized carbons (Fsp3) is 0.261. The van der Waals surface area contributed by atoms with Gasteiger partial charge in [0, 0.05) is 29.0 Å². The Labute approximate surface area is 157 Å². The number of hydrogen-bond acceptors (Lipinski definition) is 2. The molecule has 2 aromatic carbocycles. The van der Waals surface area contributed by atoms with Crippen LogP contribution in [0.1, 0.15) is 25.3 Å². The van der Waals surface area contributed by atoms with Gasteiger partial charge in [-0.2, -0.15) is 0 Å². The third-order valence-electron chi connectivity index (χ3n) is 5.58. The molecular weight excluding hydrogens is 334 g/mol. The minimum atomic E-state index is -0.0635. The molecule has 2 heterocycles. The summed E-state index contributed by atoms with van der Waals surface area (Å²) in [5.74, 6) is 0. The molecule has 1 aliphatic rings. The molecule has 4 heteroatoms. The monoisotopic (exact) mass is 357 g/mol. The van der Waals surface area contributed by atoms with Gasteiger partial charge in [0.05, 0.1) is 11.3 Å². The zero-order valence-electron chi connectivity index (χ0n) is 15.5. The van der Waals surface area contributed by atoms with Crippen molar-refractivity contribution in [2.75, 3.05) is 6.54 Å². The predicted octanol–water partition coefficient (Wildman–Crippen LogP) is 4.66. The molecule has 1 fully saturated rings. The van der Waals surface area contributed by atoms with Gasteiger partial charge in [-0.05, 0) is 60.7 Å². The molecule has 0 aliphatic heterocycles. The maximum Gasteiger partial charge on any atom is 0.257 e. The molecule has 5 rings (SSSR count). The maximum atomic E-state index is 12.6. The van der Waals surface area contributed by atoms with E-state index in [4.69, 9.17) is 0 Å². The predicted molar refractivity (Wildman–Crippen MR) is 111 cm³/mol. The number of benzene rings is 2. The summed E-state index contributed by atoms with van der Waals surface area (Å²) in [6.45, 7) is 4.32. The molecular formula is C23H23N3O. The smallest absolute Gasteiger partial charge is 0.257 e. The normalized spacial score (nSPS) is 14.4. The second-order valence-electron chi connectivity index (χ2n) is 7.50. The number of fused-ring (bicyclic) bond motifs is 2. The van der Waals surface area contributed by atoms with Crippen LogP contribution in [0.5, 0.6) is 0 Å².